The lowest BCUT2D eigenvalue weighted by Crippen LogP contribution is -2.47. The van der Waals surface area contributed by atoms with Gasteiger partial charge in [-0.2, -0.15) is 0 Å². The molecule has 0 aromatic heterocycles. The van der Waals surface area contributed by atoms with Gasteiger partial charge in [0.1, 0.15) is 17.3 Å². The molecular weight excluding hydrogens is 356 g/mol. The Bertz CT molecular complexity index is 754. The maximum absolute atomic E-state index is 13.4. The third-order valence-electron chi connectivity index (χ3n) is 4.93. The number of ether oxygens (including phenoxy) is 2. The number of carbonyl (C=O) groups is 1. The zero-order valence-corrected chi connectivity index (χ0v) is 17.5. The van der Waals surface area contributed by atoms with Gasteiger partial charge in [0, 0.05) is 21.9 Å². The Hall–Kier alpha value is -1.78. The van der Waals surface area contributed by atoms with Crippen LogP contribution in [0.15, 0.2) is 48.5 Å². The minimum atomic E-state index is -0.0494. The quantitative estimate of drug-likeness (QED) is 0.557. The molecule has 0 spiro atoms. The van der Waals surface area contributed by atoms with Crippen LogP contribution >= 0.6 is 0 Å². The molecule has 0 aliphatic carbocycles. The molecule has 1 heterocycles. The summed E-state index contributed by atoms with van der Waals surface area (Å²) >= 11 is 0. The van der Waals surface area contributed by atoms with Gasteiger partial charge in [-0.1, -0.05) is 57.2 Å². The number of Topliss-reactive ketones (excluding diaryl/α,β-unsaturated/α-hetero) is 1. The van der Waals surface area contributed by atoms with Crippen LogP contribution < -0.4 is 4.74 Å². The SMILES string of the molecule is COc1ccc(-c2ccc(C(=O)C([S+]3CCOCC3)C(C)(C)C)cc2)cc1. The molecule has 27 heavy (non-hydrogen) atoms. The van der Waals surface area contributed by atoms with Crippen LogP contribution in [-0.4, -0.2) is 42.9 Å². The van der Waals surface area contributed by atoms with Crippen molar-refractivity contribution in [2.24, 2.45) is 5.41 Å². The van der Waals surface area contributed by atoms with Crippen LogP contribution in [0.25, 0.3) is 11.1 Å². The van der Waals surface area contributed by atoms with Crippen molar-refractivity contribution in [1.29, 1.82) is 0 Å². The van der Waals surface area contributed by atoms with E-state index >= 15 is 0 Å². The Labute approximate surface area is 165 Å². The fourth-order valence-corrected chi connectivity index (χ4v) is 6.36. The summed E-state index contributed by atoms with van der Waals surface area (Å²) in [6.07, 6.45) is 0. The Morgan fingerprint density at radius 2 is 1.48 bits per heavy atom. The van der Waals surface area contributed by atoms with Gasteiger partial charge in [0.25, 0.3) is 0 Å². The molecule has 1 atom stereocenters. The number of methoxy groups -OCH3 is 1. The van der Waals surface area contributed by atoms with E-state index in [1.807, 2.05) is 48.5 Å². The number of hydrogen-bond acceptors (Lipinski definition) is 3. The van der Waals surface area contributed by atoms with E-state index in [0.717, 1.165) is 47.2 Å². The lowest BCUT2D eigenvalue weighted by atomic mass is 9.86. The van der Waals surface area contributed by atoms with Crippen LogP contribution in [0.1, 0.15) is 31.1 Å². The van der Waals surface area contributed by atoms with Crippen LogP contribution in [0.2, 0.25) is 0 Å². The second-order valence-corrected chi connectivity index (χ2v) is 10.3. The van der Waals surface area contributed by atoms with E-state index in [2.05, 4.69) is 20.8 Å². The Morgan fingerprint density at radius 3 is 1.96 bits per heavy atom. The van der Waals surface area contributed by atoms with Gasteiger partial charge in [0.2, 0.25) is 5.78 Å². The van der Waals surface area contributed by atoms with Crippen LogP contribution in [0.5, 0.6) is 5.75 Å². The van der Waals surface area contributed by atoms with Gasteiger partial charge in [0.15, 0.2) is 5.25 Å². The molecule has 1 aliphatic rings. The topological polar surface area (TPSA) is 35.5 Å². The Morgan fingerprint density at radius 1 is 0.963 bits per heavy atom. The van der Waals surface area contributed by atoms with Crippen molar-refractivity contribution in [3.05, 3.63) is 54.1 Å². The number of carbonyl (C=O) groups excluding carboxylic acids is 1. The van der Waals surface area contributed by atoms with Crippen molar-refractivity contribution in [2.45, 2.75) is 26.0 Å². The maximum atomic E-state index is 13.4. The third kappa shape index (κ3) is 4.74. The van der Waals surface area contributed by atoms with Crippen LogP contribution in [0.4, 0.5) is 0 Å². The fraction of sp³-hybridized carbons (Fsp3) is 0.435. The normalized spacial score (nSPS) is 16.7. The molecule has 0 radical (unpaired) electrons. The van der Waals surface area contributed by atoms with E-state index in [1.165, 1.54) is 0 Å². The molecule has 3 rings (SSSR count). The number of rotatable bonds is 5. The lowest BCUT2D eigenvalue weighted by molar-refractivity contribution is 0.0946. The minimum Gasteiger partial charge on any atom is -0.497 e. The molecule has 0 amide bonds. The molecule has 1 aliphatic heterocycles. The van der Waals surface area contributed by atoms with Crippen LogP contribution in [0.3, 0.4) is 0 Å². The van der Waals surface area contributed by atoms with Gasteiger partial charge < -0.3 is 9.47 Å². The van der Waals surface area contributed by atoms with Crippen LogP contribution in [-0.2, 0) is 15.6 Å². The second kappa shape index (κ2) is 8.49. The first kappa shape index (κ1) is 20.0. The molecule has 2 aromatic rings. The summed E-state index contributed by atoms with van der Waals surface area (Å²) in [6, 6.07) is 16.0. The van der Waals surface area contributed by atoms with Crippen molar-refractivity contribution >= 4 is 16.7 Å². The molecule has 0 bridgehead atoms. The highest BCUT2D eigenvalue weighted by molar-refractivity contribution is 7.98. The first-order chi connectivity index (χ1) is 12.9. The van der Waals surface area contributed by atoms with Gasteiger partial charge in [-0.05, 0) is 23.3 Å². The van der Waals surface area contributed by atoms with Crippen molar-refractivity contribution in [2.75, 3.05) is 31.8 Å². The maximum Gasteiger partial charge on any atom is 0.215 e. The molecule has 144 valence electrons. The van der Waals surface area contributed by atoms with Gasteiger partial charge in [-0.25, -0.2) is 0 Å². The average molecular weight is 386 g/mol. The van der Waals surface area contributed by atoms with Gasteiger partial charge in [-0.15, -0.1) is 0 Å². The van der Waals surface area contributed by atoms with Crippen molar-refractivity contribution in [3.8, 4) is 16.9 Å². The predicted octanol–water partition coefficient (Wildman–Crippen LogP) is 4.61. The molecule has 1 fully saturated rings. The van der Waals surface area contributed by atoms with E-state index in [-0.39, 0.29) is 27.3 Å². The highest BCUT2D eigenvalue weighted by Crippen LogP contribution is 2.32. The smallest absolute Gasteiger partial charge is 0.215 e. The fourth-order valence-electron chi connectivity index (χ4n) is 3.58. The van der Waals surface area contributed by atoms with Crippen molar-refractivity contribution in [3.63, 3.8) is 0 Å². The molecule has 4 heteroatoms. The zero-order chi connectivity index (χ0) is 19.4. The van der Waals surface area contributed by atoms with Gasteiger partial charge >= 0.3 is 0 Å². The zero-order valence-electron chi connectivity index (χ0n) is 16.7. The monoisotopic (exact) mass is 385 g/mol. The molecule has 1 unspecified atom stereocenters. The van der Waals surface area contributed by atoms with Crippen LogP contribution in [0, 0.1) is 5.41 Å². The highest BCUT2D eigenvalue weighted by atomic mass is 32.2. The second-order valence-electron chi connectivity index (χ2n) is 7.97. The highest BCUT2D eigenvalue weighted by Gasteiger charge is 2.46. The molecule has 0 saturated carbocycles. The average Bonchev–Trinajstić information content (AvgIpc) is 2.68. The van der Waals surface area contributed by atoms with Gasteiger partial charge in [-0.3, -0.25) is 4.79 Å². The van der Waals surface area contributed by atoms with E-state index in [1.54, 1.807) is 7.11 Å². The Balaban J connectivity index is 1.82. The molecular formula is C23H29O3S+. The number of benzene rings is 2. The number of ketones is 1. The molecule has 2 aromatic carbocycles. The van der Waals surface area contributed by atoms with E-state index < -0.39 is 0 Å². The molecule has 0 N–H and O–H groups in total. The molecule has 1 saturated heterocycles. The first-order valence-electron chi connectivity index (χ1n) is 9.43. The third-order valence-corrected chi connectivity index (χ3v) is 7.90. The summed E-state index contributed by atoms with van der Waals surface area (Å²) in [7, 11) is 1.75. The van der Waals surface area contributed by atoms with Gasteiger partial charge in [0.05, 0.1) is 20.3 Å². The largest absolute Gasteiger partial charge is 0.497 e. The summed E-state index contributed by atoms with van der Waals surface area (Å²) in [4.78, 5) is 13.4. The predicted molar refractivity (Wildman–Crippen MR) is 114 cm³/mol. The van der Waals surface area contributed by atoms with Crippen molar-refractivity contribution < 1.29 is 14.3 Å². The first-order valence-corrected chi connectivity index (χ1v) is 11.1. The molecule has 3 nitrogen and oxygen atoms in total. The van der Waals surface area contributed by atoms with Crippen molar-refractivity contribution in [1.82, 2.24) is 0 Å². The summed E-state index contributed by atoms with van der Waals surface area (Å²) in [5, 5.41) is 0.0493. The summed E-state index contributed by atoms with van der Waals surface area (Å²) in [5.41, 5.74) is 2.99. The number of hydrogen-bond donors (Lipinski definition) is 0. The van der Waals surface area contributed by atoms with E-state index in [9.17, 15) is 4.79 Å². The van der Waals surface area contributed by atoms with E-state index in [0.29, 0.717) is 0 Å². The Kier molecular flexibility index (Phi) is 6.28. The van der Waals surface area contributed by atoms with E-state index in [4.69, 9.17) is 9.47 Å². The standard InChI is InChI=1S/C23H29O3S/c1-23(2,3)22(27-15-13-26-14-16-27)21(24)19-7-5-17(6-8-19)18-9-11-20(25-4)12-10-18/h5-12,22H,13-16H2,1-4H3/q+1. The summed E-state index contributed by atoms with van der Waals surface area (Å²) < 4.78 is 10.7. The summed E-state index contributed by atoms with van der Waals surface area (Å²) in [5.74, 6) is 3.11. The summed E-state index contributed by atoms with van der Waals surface area (Å²) in [6.45, 7) is 8.11. The lowest BCUT2D eigenvalue weighted by Gasteiger charge is -2.31. The minimum absolute atomic E-state index is 0.0493.